The van der Waals surface area contributed by atoms with Gasteiger partial charge in [-0.2, -0.15) is 23.4 Å². The van der Waals surface area contributed by atoms with Crippen molar-refractivity contribution >= 4 is 24.8 Å². The zero-order valence-corrected chi connectivity index (χ0v) is 13.8. The van der Waals surface area contributed by atoms with Crippen LogP contribution >= 0.6 is 24.8 Å². The summed E-state index contributed by atoms with van der Waals surface area (Å²) in [7, 11) is 0. The first-order chi connectivity index (χ1) is 9.56. The topological polar surface area (TPSA) is 89.6 Å². The van der Waals surface area contributed by atoms with Crippen LogP contribution in [0, 0.1) is 0 Å². The van der Waals surface area contributed by atoms with Gasteiger partial charge in [0.15, 0.2) is 5.69 Å². The molecule has 2 heterocycles. The first-order valence-electron chi connectivity index (χ1n) is 6.06. The number of aromatic amines is 1. The van der Waals surface area contributed by atoms with E-state index >= 15 is 0 Å². The quantitative estimate of drug-likeness (QED) is 0.862. The second-order valence-corrected chi connectivity index (χ2v) is 5.37. The van der Waals surface area contributed by atoms with Crippen LogP contribution < -0.4 is 11.3 Å². The fraction of sp³-hybridized carbons (Fsp3) is 0.417. The van der Waals surface area contributed by atoms with E-state index in [4.69, 9.17) is 5.73 Å². The SMILES string of the molecule is CC(C)(N)Cn1nc(C(F)(F)F)cc1-c1ccc(=O)[nH]n1.Cl.Cl. The molecular formula is C12H16Cl2F3N5O. The molecule has 0 fully saturated rings. The number of nitrogens with two attached hydrogens (primary N) is 1. The van der Waals surface area contributed by atoms with Gasteiger partial charge >= 0.3 is 6.18 Å². The Labute approximate surface area is 142 Å². The van der Waals surface area contributed by atoms with E-state index in [-0.39, 0.29) is 42.7 Å². The number of alkyl halides is 3. The molecule has 0 aliphatic carbocycles. The van der Waals surface area contributed by atoms with Gasteiger partial charge in [-0.25, -0.2) is 5.10 Å². The van der Waals surface area contributed by atoms with Crippen molar-refractivity contribution in [2.45, 2.75) is 32.1 Å². The average molecular weight is 374 g/mol. The van der Waals surface area contributed by atoms with Gasteiger partial charge in [0.2, 0.25) is 0 Å². The highest BCUT2D eigenvalue weighted by Crippen LogP contribution is 2.31. The molecule has 0 saturated heterocycles. The molecule has 0 radical (unpaired) electrons. The summed E-state index contributed by atoms with van der Waals surface area (Å²) in [5.41, 5.74) is 3.92. The lowest BCUT2D eigenvalue weighted by Gasteiger charge is -2.19. The van der Waals surface area contributed by atoms with Crippen molar-refractivity contribution in [1.82, 2.24) is 20.0 Å². The van der Waals surface area contributed by atoms with Crippen LogP contribution in [0.15, 0.2) is 23.0 Å². The van der Waals surface area contributed by atoms with Crippen molar-refractivity contribution < 1.29 is 13.2 Å². The van der Waals surface area contributed by atoms with Gasteiger partial charge in [0.25, 0.3) is 5.56 Å². The largest absolute Gasteiger partial charge is 0.435 e. The minimum absolute atomic E-state index is 0. The van der Waals surface area contributed by atoms with Crippen LogP contribution in [0.1, 0.15) is 19.5 Å². The summed E-state index contributed by atoms with van der Waals surface area (Å²) in [5, 5.41) is 9.45. The van der Waals surface area contributed by atoms with Gasteiger partial charge in [-0.1, -0.05) is 0 Å². The zero-order chi connectivity index (χ0) is 15.8. The number of aromatic nitrogens is 4. The molecule has 2 aromatic rings. The van der Waals surface area contributed by atoms with Crippen LogP contribution in [-0.4, -0.2) is 25.5 Å². The Kier molecular flexibility index (Phi) is 6.82. The van der Waals surface area contributed by atoms with Gasteiger partial charge in [0, 0.05) is 11.6 Å². The zero-order valence-electron chi connectivity index (χ0n) is 12.2. The van der Waals surface area contributed by atoms with Crippen LogP contribution in [0.2, 0.25) is 0 Å². The highest BCUT2D eigenvalue weighted by Gasteiger charge is 2.35. The number of rotatable bonds is 3. The first-order valence-corrected chi connectivity index (χ1v) is 6.06. The fourth-order valence-electron chi connectivity index (χ4n) is 1.76. The van der Waals surface area contributed by atoms with Gasteiger partial charge in [-0.15, -0.1) is 24.8 Å². The smallest absolute Gasteiger partial charge is 0.324 e. The van der Waals surface area contributed by atoms with Crippen molar-refractivity contribution in [1.29, 1.82) is 0 Å². The second-order valence-electron chi connectivity index (χ2n) is 5.37. The number of halogens is 5. The molecule has 0 saturated carbocycles. The van der Waals surface area contributed by atoms with Gasteiger partial charge < -0.3 is 5.73 Å². The molecule has 11 heteroatoms. The number of nitrogens with one attached hydrogen (secondary N) is 1. The van der Waals surface area contributed by atoms with Gasteiger partial charge in [-0.3, -0.25) is 9.48 Å². The highest BCUT2D eigenvalue weighted by molar-refractivity contribution is 5.85. The van der Waals surface area contributed by atoms with E-state index in [0.717, 1.165) is 10.7 Å². The Bertz CT molecular complexity index is 685. The maximum atomic E-state index is 12.8. The van der Waals surface area contributed by atoms with Crippen LogP contribution in [0.3, 0.4) is 0 Å². The first kappa shape index (κ1) is 21.4. The highest BCUT2D eigenvalue weighted by atomic mass is 35.5. The molecule has 3 N–H and O–H groups in total. The molecule has 0 aliphatic rings. The Morgan fingerprint density at radius 3 is 2.30 bits per heavy atom. The molecule has 2 rings (SSSR count). The monoisotopic (exact) mass is 373 g/mol. The average Bonchev–Trinajstić information content (AvgIpc) is 2.71. The van der Waals surface area contributed by atoms with Gasteiger partial charge in [0.1, 0.15) is 5.69 Å². The van der Waals surface area contributed by atoms with Gasteiger partial charge in [-0.05, 0) is 26.0 Å². The van der Waals surface area contributed by atoms with E-state index in [1.165, 1.54) is 12.1 Å². The van der Waals surface area contributed by atoms with Crippen molar-refractivity contribution in [3.63, 3.8) is 0 Å². The van der Waals surface area contributed by atoms with Crippen molar-refractivity contribution in [2.24, 2.45) is 5.73 Å². The molecule has 0 atom stereocenters. The van der Waals surface area contributed by atoms with E-state index in [2.05, 4.69) is 15.3 Å². The van der Waals surface area contributed by atoms with Crippen molar-refractivity contribution in [2.75, 3.05) is 0 Å². The van der Waals surface area contributed by atoms with Gasteiger partial charge in [0.05, 0.1) is 12.2 Å². The predicted molar refractivity (Wildman–Crippen MR) is 83.8 cm³/mol. The minimum atomic E-state index is -4.57. The Morgan fingerprint density at radius 2 is 1.87 bits per heavy atom. The van der Waals surface area contributed by atoms with Crippen LogP contribution in [0.4, 0.5) is 13.2 Å². The molecule has 6 nitrogen and oxygen atoms in total. The minimum Gasteiger partial charge on any atom is -0.324 e. The molecule has 0 spiro atoms. The number of nitrogens with zero attached hydrogens (tertiary/aromatic N) is 3. The van der Waals surface area contributed by atoms with E-state index in [9.17, 15) is 18.0 Å². The predicted octanol–water partition coefficient (Wildman–Crippen LogP) is 2.23. The number of hydrogen-bond acceptors (Lipinski definition) is 4. The molecule has 23 heavy (non-hydrogen) atoms. The Morgan fingerprint density at radius 1 is 1.26 bits per heavy atom. The van der Waals surface area contributed by atoms with Crippen LogP contribution in [-0.2, 0) is 12.7 Å². The third-order valence-corrected chi connectivity index (χ3v) is 2.57. The number of H-pyrrole nitrogens is 1. The summed E-state index contributed by atoms with van der Waals surface area (Å²) in [4.78, 5) is 11.0. The molecule has 0 aliphatic heterocycles. The maximum absolute atomic E-state index is 12.8. The lowest BCUT2D eigenvalue weighted by atomic mass is 10.1. The van der Waals surface area contributed by atoms with Crippen LogP contribution in [0.25, 0.3) is 11.4 Å². The second kappa shape index (κ2) is 7.33. The van der Waals surface area contributed by atoms with E-state index in [0.29, 0.717) is 0 Å². The normalized spacial score (nSPS) is 11.6. The standard InChI is InChI=1S/C12H14F3N5O.2ClH/c1-11(2,16)6-20-8(5-9(19-20)12(13,14)15)7-3-4-10(21)18-17-7;;/h3-5H,6,16H2,1-2H3,(H,18,21);2*1H. The maximum Gasteiger partial charge on any atom is 0.435 e. The van der Waals surface area contributed by atoms with E-state index < -0.39 is 23.0 Å². The summed E-state index contributed by atoms with van der Waals surface area (Å²) >= 11 is 0. The third kappa shape index (κ3) is 5.52. The lowest BCUT2D eigenvalue weighted by molar-refractivity contribution is -0.141. The summed E-state index contributed by atoms with van der Waals surface area (Å²) in [6, 6.07) is 3.39. The van der Waals surface area contributed by atoms with Crippen molar-refractivity contribution in [3.05, 3.63) is 34.2 Å². The van der Waals surface area contributed by atoms with Crippen LogP contribution in [0.5, 0.6) is 0 Å². The molecule has 2 aromatic heterocycles. The molecular weight excluding hydrogens is 358 g/mol. The Balaban J connectivity index is 0.00000242. The molecule has 0 amide bonds. The molecule has 0 bridgehead atoms. The summed E-state index contributed by atoms with van der Waals surface area (Å²) in [6.45, 7) is 3.41. The molecule has 0 unspecified atom stereocenters. The number of hydrogen-bond donors (Lipinski definition) is 2. The lowest BCUT2D eigenvalue weighted by Crippen LogP contribution is -2.37. The van der Waals surface area contributed by atoms with Crippen molar-refractivity contribution in [3.8, 4) is 11.4 Å². The summed E-state index contributed by atoms with van der Waals surface area (Å²) in [6.07, 6.45) is -4.57. The molecule has 130 valence electrons. The van der Waals surface area contributed by atoms with E-state index in [1.54, 1.807) is 13.8 Å². The third-order valence-electron chi connectivity index (χ3n) is 2.57. The summed E-state index contributed by atoms with van der Waals surface area (Å²) < 4.78 is 39.6. The Hall–Kier alpha value is -1.58. The summed E-state index contributed by atoms with van der Waals surface area (Å²) in [5.74, 6) is 0. The fourth-order valence-corrected chi connectivity index (χ4v) is 1.76. The van der Waals surface area contributed by atoms with E-state index in [1.807, 2.05) is 0 Å². The molecule has 0 aromatic carbocycles.